The van der Waals surface area contributed by atoms with Crippen molar-refractivity contribution in [2.24, 2.45) is 10.9 Å². The van der Waals surface area contributed by atoms with E-state index in [-0.39, 0.29) is 29.8 Å². The number of nitrogens with zero attached hydrogens (tertiary/aromatic N) is 2. The molecule has 1 aliphatic heterocycles. The second-order valence-corrected chi connectivity index (χ2v) is 6.60. The number of H-pyrrole nitrogens is 1. The standard InChI is InChI=1S/C19H27FN4O.HI/c1-3-21-19(24(2)12-14-7-9-25-13-14)22-8-6-15-11-23-18-5-4-16(20)10-17(15)18;/h4-5,10-11,14,23H,3,6-9,12-13H2,1-2H3,(H,21,22);1H. The van der Waals surface area contributed by atoms with Gasteiger partial charge in [0.2, 0.25) is 0 Å². The second-order valence-electron chi connectivity index (χ2n) is 6.60. The van der Waals surface area contributed by atoms with E-state index in [2.05, 4.69) is 29.2 Å². The fraction of sp³-hybridized carbons (Fsp3) is 0.526. The highest BCUT2D eigenvalue weighted by molar-refractivity contribution is 14.0. The first-order valence-corrected chi connectivity index (χ1v) is 9.00. The van der Waals surface area contributed by atoms with Gasteiger partial charge in [-0.3, -0.25) is 4.99 Å². The molecule has 1 atom stereocenters. The van der Waals surface area contributed by atoms with E-state index in [1.54, 1.807) is 12.1 Å². The number of aliphatic imine (C=N–C) groups is 1. The lowest BCUT2D eigenvalue weighted by Crippen LogP contribution is -2.41. The largest absolute Gasteiger partial charge is 0.381 e. The highest BCUT2D eigenvalue weighted by Crippen LogP contribution is 2.20. The molecule has 5 nitrogen and oxygen atoms in total. The second kappa shape index (κ2) is 10.1. The first kappa shape index (κ1) is 21.0. The van der Waals surface area contributed by atoms with Crippen LogP contribution in [0, 0.1) is 11.7 Å². The number of hydrogen-bond acceptors (Lipinski definition) is 2. The van der Waals surface area contributed by atoms with Gasteiger partial charge in [-0.05, 0) is 43.5 Å². The molecule has 26 heavy (non-hydrogen) atoms. The lowest BCUT2D eigenvalue weighted by Gasteiger charge is -2.24. The Bertz CT molecular complexity index is 727. The summed E-state index contributed by atoms with van der Waals surface area (Å²) in [6.45, 7) is 6.22. The van der Waals surface area contributed by atoms with Crippen LogP contribution in [0.15, 0.2) is 29.4 Å². The van der Waals surface area contributed by atoms with Crippen LogP contribution in [0.3, 0.4) is 0 Å². The molecule has 1 saturated heterocycles. The van der Waals surface area contributed by atoms with Crippen molar-refractivity contribution in [3.8, 4) is 0 Å². The van der Waals surface area contributed by atoms with E-state index in [1.165, 1.54) is 6.07 Å². The number of aromatic nitrogens is 1. The average molecular weight is 474 g/mol. The maximum absolute atomic E-state index is 13.5. The summed E-state index contributed by atoms with van der Waals surface area (Å²) < 4.78 is 18.9. The minimum absolute atomic E-state index is 0. The Labute approximate surface area is 171 Å². The van der Waals surface area contributed by atoms with E-state index in [0.717, 1.165) is 61.6 Å². The van der Waals surface area contributed by atoms with Crippen LogP contribution < -0.4 is 5.32 Å². The molecule has 0 amide bonds. The molecule has 0 bridgehead atoms. The quantitative estimate of drug-likeness (QED) is 0.384. The van der Waals surface area contributed by atoms with Crippen LogP contribution in [-0.4, -0.2) is 55.7 Å². The molecule has 1 aromatic carbocycles. The fourth-order valence-corrected chi connectivity index (χ4v) is 3.31. The number of benzene rings is 1. The molecule has 144 valence electrons. The number of guanidine groups is 1. The predicted molar refractivity (Wildman–Crippen MR) is 115 cm³/mol. The van der Waals surface area contributed by atoms with Crippen LogP contribution in [0.25, 0.3) is 10.9 Å². The summed E-state index contributed by atoms with van der Waals surface area (Å²) in [4.78, 5) is 10.1. The molecule has 3 rings (SSSR count). The molecule has 0 saturated carbocycles. The molecule has 7 heteroatoms. The molecule has 1 unspecified atom stereocenters. The summed E-state index contributed by atoms with van der Waals surface area (Å²) in [5.41, 5.74) is 2.06. The zero-order valence-electron chi connectivity index (χ0n) is 15.4. The molecule has 0 spiro atoms. The molecule has 2 aromatic rings. The summed E-state index contributed by atoms with van der Waals surface area (Å²) in [5, 5.41) is 4.29. The molecule has 0 radical (unpaired) electrons. The third-order valence-corrected chi connectivity index (χ3v) is 4.62. The molecule has 2 heterocycles. The monoisotopic (exact) mass is 474 g/mol. The first-order valence-electron chi connectivity index (χ1n) is 9.00. The predicted octanol–water partition coefficient (Wildman–Crippen LogP) is 3.40. The van der Waals surface area contributed by atoms with Gasteiger partial charge in [-0.1, -0.05) is 0 Å². The molecular weight excluding hydrogens is 446 g/mol. The van der Waals surface area contributed by atoms with Gasteiger partial charge in [-0.25, -0.2) is 4.39 Å². The Kier molecular flexibility index (Phi) is 8.15. The summed E-state index contributed by atoms with van der Waals surface area (Å²) in [5.74, 6) is 1.29. The Hall–Kier alpha value is -1.35. The smallest absolute Gasteiger partial charge is 0.193 e. The van der Waals surface area contributed by atoms with Crippen molar-refractivity contribution < 1.29 is 9.13 Å². The number of halogens is 2. The van der Waals surface area contributed by atoms with Gasteiger partial charge < -0.3 is 19.9 Å². The summed E-state index contributed by atoms with van der Waals surface area (Å²) >= 11 is 0. The van der Waals surface area contributed by atoms with Crippen LogP contribution >= 0.6 is 24.0 Å². The third-order valence-electron chi connectivity index (χ3n) is 4.62. The van der Waals surface area contributed by atoms with Crippen molar-refractivity contribution in [3.63, 3.8) is 0 Å². The summed E-state index contributed by atoms with van der Waals surface area (Å²) in [6.07, 6.45) is 3.84. The molecule has 1 aliphatic rings. The van der Waals surface area contributed by atoms with Gasteiger partial charge in [0.05, 0.1) is 6.61 Å². The number of rotatable bonds is 6. The topological polar surface area (TPSA) is 52.7 Å². The zero-order valence-corrected chi connectivity index (χ0v) is 17.8. The molecule has 1 aromatic heterocycles. The molecule has 2 N–H and O–H groups in total. The van der Waals surface area contributed by atoms with Crippen LogP contribution in [0.2, 0.25) is 0 Å². The van der Waals surface area contributed by atoms with Crippen molar-refractivity contribution in [1.29, 1.82) is 0 Å². The number of nitrogens with one attached hydrogen (secondary N) is 2. The zero-order chi connectivity index (χ0) is 17.6. The van der Waals surface area contributed by atoms with Gasteiger partial charge in [0.15, 0.2) is 5.96 Å². The van der Waals surface area contributed by atoms with Crippen molar-refractivity contribution >= 4 is 40.8 Å². The molecule has 1 fully saturated rings. The van der Waals surface area contributed by atoms with Gasteiger partial charge in [-0.2, -0.15) is 0 Å². The SMILES string of the molecule is CCNC(=NCCc1c[nH]c2ccc(F)cc12)N(C)CC1CCOC1.I. The van der Waals surface area contributed by atoms with E-state index in [4.69, 9.17) is 9.73 Å². The van der Waals surface area contributed by atoms with Crippen molar-refractivity contribution in [2.45, 2.75) is 19.8 Å². The Morgan fingerprint density at radius 3 is 3.04 bits per heavy atom. The van der Waals surface area contributed by atoms with E-state index in [1.807, 2.05) is 6.20 Å². The summed E-state index contributed by atoms with van der Waals surface area (Å²) in [7, 11) is 2.07. The van der Waals surface area contributed by atoms with Crippen molar-refractivity contribution in [3.05, 3.63) is 35.8 Å². The minimum Gasteiger partial charge on any atom is -0.381 e. The van der Waals surface area contributed by atoms with E-state index < -0.39 is 0 Å². The van der Waals surface area contributed by atoms with Crippen molar-refractivity contribution in [1.82, 2.24) is 15.2 Å². The van der Waals surface area contributed by atoms with Gasteiger partial charge in [0.1, 0.15) is 5.82 Å². The van der Waals surface area contributed by atoms with E-state index in [9.17, 15) is 4.39 Å². The lowest BCUT2D eigenvalue weighted by molar-refractivity contribution is 0.181. The van der Waals surface area contributed by atoms with Gasteiger partial charge in [0.25, 0.3) is 0 Å². The fourth-order valence-electron chi connectivity index (χ4n) is 3.31. The third kappa shape index (κ3) is 5.33. The van der Waals surface area contributed by atoms with Crippen LogP contribution in [-0.2, 0) is 11.2 Å². The van der Waals surface area contributed by atoms with Gasteiger partial charge >= 0.3 is 0 Å². The molecule has 0 aliphatic carbocycles. The van der Waals surface area contributed by atoms with Crippen LogP contribution in [0.5, 0.6) is 0 Å². The maximum atomic E-state index is 13.5. The lowest BCUT2D eigenvalue weighted by atomic mass is 10.1. The first-order chi connectivity index (χ1) is 12.2. The average Bonchev–Trinajstić information content (AvgIpc) is 3.24. The number of aromatic amines is 1. The maximum Gasteiger partial charge on any atom is 0.193 e. The highest BCUT2D eigenvalue weighted by atomic mass is 127. The minimum atomic E-state index is -0.205. The Morgan fingerprint density at radius 1 is 1.46 bits per heavy atom. The number of ether oxygens (including phenoxy) is 1. The number of fused-ring (bicyclic) bond motifs is 1. The van der Waals surface area contributed by atoms with E-state index in [0.29, 0.717) is 12.5 Å². The molecular formula is C19H28FIN4O. The summed E-state index contributed by atoms with van der Waals surface area (Å²) in [6, 6.07) is 4.84. The number of hydrogen-bond donors (Lipinski definition) is 2. The Balaban J connectivity index is 0.00000243. The van der Waals surface area contributed by atoms with Crippen LogP contribution in [0.1, 0.15) is 18.9 Å². The van der Waals surface area contributed by atoms with Gasteiger partial charge in [0, 0.05) is 56.3 Å². The van der Waals surface area contributed by atoms with E-state index >= 15 is 0 Å². The van der Waals surface area contributed by atoms with Crippen molar-refractivity contribution in [2.75, 3.05) is 39.9 Å². The Morgan fingerprint density at radius 2 is 2.31 bits per heavy atom. The normalized spacial score (nSPS) is 17.3. The van der Waals surface area contributed by atoms with Crippen LogP contribution in [0.4, 0.5) is 4.39 Å². The van der Waals surface area contributed by atoms with Gasteiger partial charge in [-0.15, -0.1) is 24.0 Å². The highest BCUT2D eigenvalue weighted by Gasteiger charge is 2.19.